The van der Waals surface area contributed by atoms with Crippen LogP contribution in [-0.4, -0.2) is 48.1 Å². The highest BCUT2D eigenvalue weighted by atomic mass is 35.5. The fourth-order valence-electron chi connectivity index (χ4n) is 3.30. The second kappa shape index (κ2) is 14.1. The number of hydrogen-bond donors (Lipinski definition) is 4. The predicted octanol–water partition coefficient (Wildman–Crippen LogP) is 5.11. The Kier molecular flexibility index (Phi) is 11.8. The molecule has 0 fully saturated rings. The lowest BCUT2D eigenvalue weighted by Gasteiger charge is -2.27. The number of allylic oxidation sites excluding steroid dienone is 1. The summed E-state index contributed by atoms with van der Waals surface area (Å²) in [5, 5.41) is 17.7. The van der Waals surface area contributed by atoms with E-state index in [2.05, 4.69) is 15.5 Å². The smallest absolute Gasteiger partial charge is 0.412 e. The highest BCUT2D eigenvalue weighted by molar-refractivity contribution is 7.54. The number of carboxylic acid groups (broad SMARTS) is 1. The molecule has 34 heavy (non-hydrogen) atoms. The molecule has 0 bridgehead atoms. The molecule has 1 aromatic rings. The van der Waals surface area contributed by atoms with Crippen LogP contribution >= 0.6 is 30.9 Å². The van der Waals surface area contributed by atoms with Crippen molar-refractivity contribution in [3.05, 3.63) is 42.0 Å². The summed E-state index contributed by atoms with van der Waals surface area (Å²) in [6.45, 7) is 2.41. The summed E-state index contributed by atoms with van der Waals surface area (Å²) in [5.41, 5.74) is 0.432. The van der Waals surface area contributed by atoms with Crippen LogP contribution in [0.3, 0.4) is 0 Å². The van der Waals surface area contributed by atoms with Gasteiger partial charge in [0.1, 0.15) is 6.10 Å². The molecule has 0 radical (unpaired) electrons. The van der Waals surface area contributed by atoms with Gasteiger partial charge in [-0.3, -0.25) is 14.7 Å². The van der Waals surface area contributed by atoms with Crippen molar-refractivity contribution in [1.82, 2.24) is 10.2 Å². The van der Waals surface area contributed by atoms with Crippen molar-refractivity contribution < 1.29 is 28.5 Å². The molecule has 9 nitrogen and oxygen atoms in total. The van der Waals surface area contributed by atoms with Gasteiger partial charge in [-0.1, -0.05) is 18.2 Å². The minimum absolute atomic E-state index is 0.0712. The Morgan fingerprint density at radius 3 is 2.38 bits per heavy atom. The minimum atomic E-state index is -3.30. The highest BCUT2D eigenvalue weighted by Crippen LogP contribution is 2.38. The van der Waals surface area contributed by atoms with Gasteiger partial charge in [0, 0.05) is 30.5 Å². The number of alkyl halides is 2. The summed E-state index contributed by atoms with van der Waals surface area (Å²) in [7, 11) is -3.30. The zero-order valence-corrected chi connectivity index (χ0v) is 21.5. The third-order valence-corrected chi connectivity index (χ3v) is 7.56. The van der Waals surface area contributed by atoms with E-state index in [4.69, 9.17) is 32.5 Å². The normalized spacial score (nSPS) is 21.8. The van der Waals surface area contributed by atoms with E-state index in [9.17, 15) is 19.3 Å². The van der Waals surface area contributed by atoms with Crippen molar-refractivity contribution in [3.63, 3.8) is 0 Å². The molecule has 0 spiro atoms. The van der Waals surface area contributed by atoms with Gasteiger partial charge in [-0.25, -0.2) is 15.0 Å². The second-order valence-corrected chi connectivity index (χ2v) is 10.9. The first kappa shape index (κ1) is 28.6. The van der Waals surface area contributed by atoms with Crippen LogP contribution in [0.2, 0.25) is 0 Å². The standard InChI is InChI=1S/C22H32Cl2N3O6P/c1-22(20(28)29)10-3-2-4-19(9-11-22)33-21(30)27-18-7-5-17(6-8-18)16-32-34(31,25-14-12-23)26-15-13-24/h2,4-8,19H,3,9-16H2,1H3,(H,27,30)(H,28,29)(H2,25,26,31)/b4-2+/t19-,22+/m0/s1. The second-order valence-electron chi connectivity index (χ2n) is 8.16. The number of carboxylic acids is 1. The Bertz CT molecular complexity index is 874. The van der Waals surface area contributed by atoms with Gasteiger partial charge in [0.25, 0.3) is 0 Å². The first-order valence-electron chi connectivity index (χ1n) is 11.0. The lowest BCUT2D eigenvalue weighted by atomic mass is 9.79. The fourth-order valence-corrected chi connectivity index (χ4v) is 5.19. The van der Waals surface area contributed by atoms with Crippen molar-refractivity contribution in [2.24, 2.45) is 5.41 Å². The van der Waals surface area contributed by atoms with Crippen LogP contribution in [0.5, 0.6) is 0 Å². The maximum absolute atomic E-state index is 12.8. The lowest BCUT2D eigenvalue weighted by Crippen LogP contribution is -2.31. The molecule has 1 aromatic carbocycles. The predicted molar refractivity (Wildman–Crippen MR) is 134 cm³/mol. The van der Waals surface area contributed by atoms with Crippen molar-refractivity contribution in [2.75, 3.05) is 30.2 Å². The Balaban J connectivity index is 1.87. The topological polar surface area (TPSA) is 126 Å². The molecule has 12 heteroatoms. The van der Waals surface area contributed by atoms with Crippen LogP contribution in [0.15, 0.2) is 36.4 Å². The Hall–Kier alpha value is -1.61. The third kappa shape index (κ3) is 9.56. The van der Waals surface area contributed by atoms with Crippen molar-refractivity contribution in [3.8, 4) is 0 Å². The summed E-state index contributed by atoms with van der Waals surface area (Å²) in [5.74, 6) is -0.278. The summed E-state index contributed by atoms with van der Waals surface area (Å²) in [6, 6.07) is 6.82. The number of anilines is 1. The van der Waals surface area contributed by atoms with Crippen LogP contribution in [0.25, 0.3) is 0 Å². The summed E-state index contributed by atoms with van der Waals surface area (Å²) < 4.78 is 23.8. The first-order chi connectivity index (χ1) is 16.2. The maximum atomic E-state index is 12.8. The lowest BCUT2D eigenvalue weighted by molar-refractivity contribution is -0.149. The fraction of sp³-hybridized carbons (Fsp3) is 0.545. The van der Waals surface area contributed by atoms with Crippen molar-refractivity contribution >= 4 is 48.6 Å². The van der Waals surface area contributed by atoms with Crippen molar-refractivity contribution in [2.45, 2.75) is 45.3 Å². The molecule has 2 rings (SSSR count). The molecule has 2 atom stereocenters. The van der Waals surface area contributed by atoms with Gasteiger partial charge in [-0.15, -0.1) is 23.2 Å². The molecule has 0 saturated heterocycles. The summed E-state index contributed by atoms with van der Waals surface area (Å²) >= 11 is 11.3. The Morgan fingerprint density at radius 1 is 1.15 bits per heavy atom. The number of aliphatic carboxylic acids is 1. The average Bonchev–Trinajstić information content (AvgIpc) is 2.80. The molecule has 1 aliphatic rings. The van der Waals surface area contributed by atoms with E-state index in [1.807, 2.05) is 6.08 Å². The summed E-state index contributed by atoms with van der Waals surface area (Å²) in [4.78, 5) is 23.9. The van der Waals surface area contributed by atoms with E-state index < -0.39 is 31.3 Å². The number of amides is 1. The van der Waals surface area contributed by atoms with E-state index in [0.717, 1.165) is 5.56 Å². The molecule has 0 aromatic heterocycles. The Morgan fingerprint density at radius 2 is 1.79 bits per heavy atom. The van der Waals surface area contributed by atoms with Gasteiger partial charge in [-0.2, -0.15) is 0 Å². The van der Waals surface area contributed by atoms with Crippen LogP contribution in [0.4, 0.5) is 10.5 Å². The van der Waals surface area contributed by atoms with Crippen LogP contribution in [0, 0.1) is 5.41 Å². The molecular formula is C22H32Cl2N3O6P. The van der Waals surface area contributed by atoms with Gasteiger partial charge >= 0.3 is 19.7 Å². The number of nitrogens with one attached hydrogen (secondary N) is 3. The number of hydrogen-bond acceptors (Lipinski definition) is 5. The Labute approximate surface area is 210 Å². The van der Waals surface area contributed by atoms with Crippen LogP contribution in [-0.2, 0) is 25.2 Å². The number of benzene rings is 1. The largest absolute Gasteiger partial charge is 0.481 e. The molecular weight excluding hydrogens is 504 g/mol. The number of ether oxygens (including phenoxy) is 1. The van der Waals surface area contributed by atoms with E-state index in [1.165, 1.54) is 0 Å². The number of halogens is 2. The monoisotopic (exact) mass is 535 g/mol. The van der Waals surface area contributed by atoms with Gasteiger partial charge in [0.2, 0.25) is 0 Å². The SMILES string of the molecule is C[C@@]1(C(=O)O)CC/C=C/[C@H](OC(=O)Nc2ccc(COP(=O)(NCCCl)NCCCl)cc2)CC1. The molecule has 4 N–H and O–H groups in total. The first-order valence-corrected chi connectivity index (χ1v) is 13.7. The van der Waals surface area contributed by atoms with Gasteiger partial charge < -0.3 is 14.4 Å². The molecule has 0 aliphatic heterocycles. The molecule has 190 valence electrons. The molecule has 0 saturated carbocycles. The number of carbonyl (C=O) groups excluding carboxylic acids is 1. The van der Waals surface area contributed by atoms with Crippen molar-refractivity contribution in [1.29, 1.82) is 0 Å². The van der Waals surface area contributed by atoms with Gasteiger partial charge in [0.05, 0.1) is 12.0 Å². The van der Waals surface area contributed by atoms with Gasteiger partial charge in [-0.05, 0) is 56.4 Å². The number of rotatable bonds is 12. The highest BCUT2D eigenvalue weighted by Gasteiger charge is 2.34. The zero-order valence-electron chi connectivity index (χ0n) is 19.1. The summed E-state index contributed by atoms with van der Waals surface area (Å²) in [6.07, 6.45) is 4.55. The van der Waals surface area contributed by atoms with E-state index in [1.54, 1.807) is 37.3 Å². The third-order valence-electron chi connectivity index (χ3n) is 5.41. The van der Waals surface area contributed by atoms with E-state index in [-0.39, 0.29) is 18.4 Å². The van der Waals surface area contributed by atoms with Gasteiger partial charge in [0.15, 0.2) is 0 Å². The zero-order chi connectivity index (χ0) is 25.0. The maximum Gasteiger partial charge on any atom is 0.412 e. The van der Waals surface area contributed by atoms with Crippen LogP contribution in [0.1, 0.15) is 38.2 Å². The number of carbonyl (C=O) groups is 2. The van der Waals surface area contributed by atoms with E-state index in [0.29, 0.717) is 44.5 Å². The van der Waals surface area contributed by atoms with E-state index >= 15 is 0 Å². The molecule has 1 amide bonds. The average molecular weight is 536 g/mol. The quantitative estimate of drug-likeness (QED) is 0.165. The molecule has 0 heterocycles. The van der Waals surface area contributed by atoms with Crippen LogP contribution < -0.4 is 15.5 Å². The molecule has 0 unspecified atom stereocenters. The minimum Gasteiger partial charge on any atom is -0.481 e. The molecule has 1 aliphatic carbocycles.